The molecule has 2 heterocycles. The molecule has 0 bridgehead atoms. The van der Waals surface area contributed by atoms with Crippen LogP contribution >= 0.6 is 11.6 Å². The van der Waals surface area contributed by atoms with E-state index in [0.717, 1.165) is 22.5 Å². The van der Waals surface area contributed by atoms with Gasteiger partial charge in [-0.05, 0) is 75.9 Å². The van der Waals surface area contributed by atoms with Crippen LogP contribution in [-0.4, -0.2) is 45.4 Å². The molecule has 198 valence electrons. The van der Waals surface area contributed by atoms with Gasteiger partial charge >= 0.3 is 6.09 Å². The molecule has 9 heteroatoms. The molecule has 0 saturated carbocycles. The van der Waals surface area contributed by atoms with Crippen molar-refractivity contribution in [1.29, 1.82) is 5.26 Å². The van der Waals surface area contributed by atoms with Crippen LogP contribution in [0, 0.1) is 18.3 Å². The fraction of sp³-hybridized carbons (Fsp3) is 0.379. The molecule has 8 nitrogen and oxygen atoms in total. The molecule has 0 radical (unpaired) electrons. The number of amides is 2. The normalized spacial score (nSPS) is 14.2. The molecule has 2 amide bonds. The standard InChI is InChI=1S/C29H32ClN5O3/c1-19-24(30)6-5-7-25(19)35-26(21-13-16-34(17-14-21)28(37)38-29(2,3)4)23(18-32-35)27(36)33-22-10-8-20(9-11-22)12-15-31/h5-11,18,21H,12-14,16-17H2,1-4H3,(H,33,36). The minimum absolute atomic E-state index is 0.00618. The summed E-state index contributed by atoms with van der Waals surface area (Å²) in [5, 5.41) is 17.1. The number of anilines is 1. The predicted octanol–water partition coefficient (Wildman–Crippen LogP) is 6.27. The molecule has 1 aromatic heterocycles. The Bertz CT molecular complexity index is 1360. The number of halogens is 1. The van der Waals surface area contributed by atoms with Crippen LogP contribution in [0.2, 0.25) is 5.02 Å². The zero-order valence-electron chi connectivity index (χ0n) is 22.1. The first-order chi connectivity index (χ1) is 18.1. The van der Waals surface area contributed by atoms with Gasteiger partial charge in [0.15, 0.2) is 0 Å². The lowest BCUT2D eigenvalue weighted by Crippen LogP contribution is -2.41. The van der Waals surface area contributed by atoms with Crippen LogP contribution in [0.5, 0.6) is 0 Å². The lowest BCUT2D eigenvalue weighted by molar-refractivity contribution is 0.0203. The van der Waals surface area contributed by atoms with Gasteiger partial charge in [-0.25, -0.2) is 9.48 Å². The fourth-order valence-corrected chi connectivity index (χ4v) is 4.77. The topological polar surface area (TPSA) is 100 Å². The van der Waals surface area contributed by atoms with Crippen molar-refractivity contribution in [2.45, 2.75) is 58.5 Å². The highest BCUT2D eigenvalue weighted by molar-refractivity contribution is 6.31. The van der Waals surface area contributed by atoms with Crippen molar-refractivity contribution < 1.29 is 14.3 Å². The summed E-state index contributed by atoms with van der Waals surface area (Å²) in [4.78, 5) is 27.8. The zero-order valence-corrected chi connectivity index (χ0v) is 22.9. The van der Waals surface area contributed by atoms with E-state index in [1.165, 1.54) is 0 Å². The van der Waals surface area contributed by atoms with Crippen molar-refractivity contribution in [3.8, 4) is 11.8 Å². The van der Waals surface area contributed by atoms with E-state index in [1.807, 2.05) is 58.0 Å². The highest BCUT2D eigenvalue weighted by atomic mass is 35.5. The highest BCUT2D eigenvalue weighted by Crippen LogP contribution is 2.34. The maximum Gasteiger partial charge on any atom is 0.410 e. The second kappa shape index (κ2) is 11.3. The van der Waals surface area contributed by atoms with E-state index in [4.69, 9.17) is 21.6 Å². The van der Waals surface area contributed by atoms with E-state index < -0.39 is 5.60 Å². The van der Waals surface area contributed by atoms with Crippen LogP contribution in [0.3, 0.4) is 0 Å². The number of piperidine rings is 1. The number of carbonyl (C=O) groups excluding carboxylic acids is 2. The van der Waals surface area contributed by atoms with E-state index >= 15 is 0 Å². The van der Waals surface area contributed by atoms with Crippen molar-refractivity contribution >= 4 is 29.3 Å². The number of nitriles is 1. The zero-order chi connectivity index (χ0) is 27.4. The summed E-state index contributed by atoms with van der Waals surface area (Å²) in [6.45, 7) is 8.51. The first-order valence-electron chi connectivity index (χ1n) is 12.7. The maximum atomic E-state index is 13.5. The summed E-state index contributed by atoms with van der Waals surface area (Å²) in [5.74, 6) is -0.276. The highest BCUT2D eigenvalue weighted by Gasteiger charge is 2.32. The number of ether oxygens (including phenoxy) is 1. The number of hydrogen-bond donors (Lipinski definition) is 1. The van der Waals surface area contributed by atoms with E-state index in [2.05, 4.69) is 16.5 Å². The van der Waals surface area contributed by atoms with Gasteiger partial charge in [0.25, 0.3) is 5.91 Å². The van der Waals surface area contributed by atoms with Crippen LogP contribution < -0.4 is 5.32 Å². The first kappa shape index (κ1) is 27.2. The molecule has 1 N–H and O–H groups in total. The lowest BCUT2D eigenvalue weighted by atomic mass is 9.90. The van der Waals surface area contributed by atoms with Gasteiger partial charge in [-0.15, -0.1) is 0 Å². The summed E-state index contributed by atoms with van der Waals surface area (Å²) < 4.78 is 7.36. The van der Waals surface area contributed by atoms with Gasteiger partial charge in [-0.3, -0.25) is 4.79 Å². The molecule has 1 aliphatic rings. The smallest absolute Gasteiger partial charge is 0.410 e. The molecule has 2 aromatic carbocycles. The fourth-order valence-electron chi connectivity index (χ4n) is 4.60. The van der Waals surface area contributed by atoms with Gasteiger partial charge < -0.3 is 15.0 Å². The Kier molecular flexibility index (Phi) is 8.08. The second-order valence-corrected chi connectivity index (χ2v) is 10.9. The molecular weight excluding hydrogens is 502 g/mol. The third kappa shape index (κ3) is 6.17. The van der Waals surface area contributed by atoms with Gasteiger partial charge in [0.05, 0.1) is 35.6 Å². The third-order valence-electron chi connectivity index (χ3n) is 6.55. The van der Waals surface area contributed by atoms with Crippen molar-refractivity contribution in [2.24, 2.45) is 0 Å². The largest absolute Gasteiger partial charge is 0.444 e. The Morgan fingerprint density at radius 1 is 1.16 bits per heavy atom. The third-order valence-corrected chi connectivity index (χ3v) is 6.96. The number of carbonyl (C=O) groups is 2. The summed E-state index contributed by atoms with van der Waals surface area (Å²) >= 11 is 6.42. The quantitative estimate of drug-likeness (QED) is 0.416. The Morgan fingerprint density at radius 2 is 1.84 bits per heavy atom. The Balaban J connectivity index is 1.63. The van der Waals surface area contributed by atoms with Crippen molar-refractivity contribution in [3.05, 3.63) is 76.1 Å². The second-order valence-electron chi connectivity index (χ2n) is 10.5. The van der Waals surface area contributed by atoms with Gasteiger partial charge in [0.2, 0.25) is 0 Å². The molecule has 1 aliphatic heterocycles. The number of benzene rings is 2. The summed E-state index contributed by atoms with van der Waals surface area (Å²) in [6, 6.07) is 15.0. The minimum atomic E-state index is -0.561. The van der Waals surface area contributed by atoms with Gasteiger partial charge in [0, 0.05) is 29.7 Å². The first-order valence-corrected chi connectivity index (χ1v) is 13.0. The molecule has 38 heavy (non-hydrogen) atoms. The molecule has 3 aromatic rings. The predicted molar refractivity (Wildman–Crippen MR) is 147 cm³/mol. The number of aromatic nitrogens is 2. The number of nitrogens with zero attached hydrogens (tertiary/aromatic N) is 4. The van der Waals surface area contributed by atoms with E-state index in [9.17, 15) is 9.59 Å². The average Bonchev–Trinajstić information content (AvgIpc) is 3.31. The molecule has 1 fully saturated rings. The van der Waals surface area contributed by atoms with E-state index in [-0.39, 0.29) is 17.9 Å². The number of rotatable bonds is 5. The molecule has 0 aliphatic carbocycles. The molecule has 0 atom stereocenters. The Morgan fingerprint density at radius 3 is 2.47 bits per heavy atom. The summed E-state index contributed by atoms with van der Waals surface area (Å²) in [5.41, 5.74) is 3.89. The molecule has 1 saturated heterocycles. The monoisotopic (exact) mass is 533 g/mol. The van der Waals surface area contributed by atoms with E-state index in [1.54, 1.807) is 27.9 Å². The van der Waals surface area contributed by atoms with Crippen LogP contribution in [0.4, 0.5) is 10.5 Å². The SMILES string of the molecule is Cc1c(Cl)cccc1-n1ncc(C(=O)Nc2ccc(CC#N)cc2)c1C1CCN(C(=O)OC(C)(C)C)CC1. The van der Waals surface area contributed by atoms with Crippen LogP contribution in [0.25, 0.3) is 5.69 Å². The number of hydrogen-bond acceptors (Lipinski definition) is 5. The van der Waals surface area contributed by atoms with Crippen molar-refractivity contribution in [1.82, 2.24) is 14.7 Å². The molecule has 0 unspecified atom stereocenters. The molecular formula is C29H32ClN5O3. The van der Waals surface area contributed by atoms with E-state index in [0.29, 0.717) is 48.6 Å². The van der Waals surface area contributed by atoms with Crippen molar-refractivity contribution in [3.63, 3.8) is 0 Å². The van der Waals surface area contributed by atoms with Gasteiger partial charge in [0.1, 0.15) is 5.60 Å². The maximum absolute atomic E-state index is 13.5. The number of likely N-dealkylation sites (tertiary alicyclic amines) is 1. The molecule has 0 spiro atoms. The molecule has 4 rings (SSSR count). The van der Waals surface area contributed by atoms with Crippen molar-refractivity contribution in [2.75, 3.05) is 18.4 Å². The van der Waals surface area contributed by atoms with Gasteiger partial charge in [-0.2, -0.15) is 10.4 Å². The van der Waals surface area contributed by atoms with Gasteiger partial charge in [-0.1, -0.05) is 29.8 Å². The van der Waals surface area contributed by atoms with Crippen LogP contribution in [0.15, 0.2) is 48.7 Å². The van der Waals surface area contributed by atoms with Crippen LogP contribution in [-0.2, 0) is 11.2 Å². The Hall–Kier alpha value is -3.83. The number of nitrogens with one attached hydrogen (secondary N) is 1. The van der Waals surface area contributed by atoms with Crippen LogP contribution in [0.1, 0.15) is 66.7 Å². The summed E-state index contributed by atoms with van der Waals surface area (Å²) in [6.07, 6.45) is 2.90. The summed E-state index contributed by atoms with van der Waals surface area (Å²) in [7, 11) is 0. The minimum Gasteiger partial charge on any atom is -0.444 e. The Labute approximate surface area is 228 Å². The average molecular weight is 534 g/mol. The lowest BCUT2D eigenvalue weighted by Gasteiger charge is -2.34.